The lowest BCUT2D eigenvalue weighted by Crippen LogP contribution is -2.35. The molecule has 0 radical (unpaired) electrons. The molecule has 0 amide bonds. The predicted octanol–water partition coefficient (Wildman–Crippen LogP) is 5.97. The Morgan fingerprint density at radius 1 is 0.892 bits per heavy atom. The van der Waals surface area contributed by atoms with E-state index in [0.717, 1.165) is 38.0 Å². The number of anilines is 4. The van der Waals surface area contributed by atoms with Crippen LogP contribution in [0.3, 0.4) is 0 Å². The Hall–Kier alpha value is -4.33. The van der Waals surface area contributed by atoms with Crippen LogP contribution in [-0.4, -0.2) is 34.3 Å². The lowest BCUT2D eigenvalue weighted by molar-refractivity contribution is 0.400. The van der Waals surface area contributed by atoms with Gasteiger partial charge in [-0.25, -0.2) is 9.82 Å². The highest BCUT2D eigenvalue weighted by Crippen LogP contribution is 2.26. The largest absolute Gasteiger partial charge is 0.341 e. The number of hydrazone groups is 1. The Balaban J connectivity index is 1.32. The van der Waals surface area contributed by atoms with E-state index in [1.54, 1.807) is 18.2 Å². The summed E-state index contributed by atoms with van der Waals surface area (Å²) in [5, 5.41) is 7.43. The van der Waals surface area contributed by atoms with Crippen molar-refractivity contribution < 1.29 is 4.39 Å². The third-order valence-electron chi connectivity index (χ3n) is 6.47. The molecule has 0 aliphatic carbocycles. The average molecular weight is 496 g/mol. The van der Waals surface area contributed by atoms with Crippen molar-refractivity contribution >= 4 is 29.7 Å². The smallest absolute Gasteiger partial charge is 0.250 e. The molecular weight excluding hydrogens is 465 g/mol. The average Bonchev–Trinajstić information content (AvgIpc) is 2.92. The number of benzene rings is 3. The molecule has 7 nitrogen and oxygen atoms in total. The maximum Gasteiger partial charge on any atom is 0.250 e. The van der Waals surface area contributed by atoms with Gasteiger partial charge >= 0.3 is 0 Å². The number of halogens is 1. The van der Waals surface area contributed by atoms with Gasteiger partial charge in [-0.2, -0.15) is 20.1 Å². The summed E-state index contributed by atoms with van der Waals surface area (Å²) in [7, 11) is 0. The molecule has 5 rings (SSSR count). The van der Waals surface area contributed by atoms with E-state index in [-0.39, 0.29) is 5.82 Å². The Bertz CT molecular complexity index is 1330. The number of aromatic nitrogens is 3. The Morgan fingerprint density at radius 2 is 1.59 bits per heavy atom. The molecule has 37 heavy (non-hydrogen) atoms. The Kier molecular flexibility index (Phi) is 7.64. The van der Waals surface area contributed by atoms with Crippen molar-refractivity contribution in [3.63, 3.8) is 0 Å². The van der Waals surface area contributed by atoms with Gasteiger partial charge in [-0.05, 0) is 55.9 Å². The van der Waals surface area contributed by atoms with Crippen LogP contribution in [0.25, 0.3) is 0 Å². The lowest BCUT2D eigenvalue weighted by atomic mass is 9.90. The fourth-order valence-corrected chi connectivity index (χ4v) is 4.40. The number of nitrogens with zero attached hydrogens (tertiary/aromatic N) is 5. The highest BCUT2D eigenvalue weighted by molar-refractivity contribution is 5.80. The quantitative estimate of drug-likeness (QED) is 0.232. The second-order valence-corrected chi connectivity index (χ2v) is 9.29. The van der Waals surface area contributed by atoms with Crippen LogP contribution in [0.4, 0.5) is 27.9 Å². The molecule has 4 aromatic rings. The molecule has 8 heteroatoms. The van der Waals surface area contributed by atoms with E-state index in [1.165, 1.54) is 23.4 Å². The van der Waals surface area contributed by atoms with Crippen molar-refractivity contribution in [2.45, 2.75) is 26.2 Å². The Labute approximate surface area is 216 Å². The van der Waals surface area contributed by atoms with Gasteiger partial charge in [0.1, 0.15) is 5.82 Å². The van der Waals surface area contributed by atoms with Gasteiger partial charge in [-0.3, -0.25) is 0 Å². The van der Waals surface area contributed by atoms with Crippen LogP contribution >= 0.6 is 0 Å². The second-order valence-electron chi connectivity index (χ2n) is 9.29. The molecule has 0 unspecified atom stereocenters. The van der Waals surface area contributed by atoms with Gasteiger partial charge in [0.25, 0.3) is 0 Å². The zero-order valence-corrected chi connectivity index (χ0v) is 20.8. The first-order chi connectivity index (χ1) is 18.1. The van der Waals surface area contributed by atoms with E-state index in [9.17, 15) is 4.39 Å². The topological polar surface area (TPSA) is 78.3 Å². The third-order valence-corrected chi connectivity index (χ3v) is 6.47. The minimum Gasteiger partial charge on any atom is -0.341 e. The molecule has 1 aliphatic rings. The van der Waals surface area contributed by atoms with Crippen LogP contribution in [0.5, 0.6) is 0 Å². The van der Waals surface area contributed by atoms with Crippen molar-refractivity contribution in [1.82, 2.24) is 15.0 Å². The molecule has 1 saturated heterocycles. The van der Waals surface area contributed by atoms with E-state index in [0.29, 0.717) is 29.3 Å². The van der Waals surface area contributed by atoms with Crippen LogP contribution in [0.1, 0.15) is 29.5 Å². The number of hydrogen-bond donors (Lipinski definition) is 2. The van der Waals surface area contributed by atoms with Crippen LogP contribution in [0.2, 0.25) is 0 Å². The fraction of sp³-hybridized carbons (Fsp3) is 0.241. The number of aryl methyl sites for hydroxylation is 1. The lowest BCUT2D eigenvalue weighted by Gasteiger charge is -2.32. The van der Waals surface area contributed by atoms with Crippen LogP contribution in [0.15, 0.2) is 84.0 Å². The number of rotatable bonds is 8. The van der Waals surface area contributed by atoms with Crippen molar-refractivity contribution in [3.05, 3.63) is 101 Å². The zero-order valence-electron chi connectivity index (χ0n) is 20.8. The van der Waals surface area contributed by atoms with Crippen molar-refractivity contribution in [1.29, 1.82) is 0 Å². The second kappa shape index (κ2) is 11.6. The summed E-state index contributed by atoms with van der Waals surface area (Å²) >= 11 is 0. The summed E-state index contributed by atoms with van der Waals surface area (Å²) in [4.78, 5) is 16.0. The normalized spacial score (nSPS) is 14.2. The van der Waals surface area contributed by atoms with Gasteiger partial charge in [0.15, 0.2) is 0 Å². The van der Waals surface area contributed by atoms with Gasteiger partial charge in [-0.15, -0.1) is 0 Å². The molecule has 2 heterocycles. The summed E-state index contributed by atoms with van der Waals surface area (Å²) in [6.45, 7) is 3.77. The van der Waals surface area contributed by atoms with E-state index in [1.807, 2.05) is 31.2 Å². The predicted molar refractivity (Wildman–Crippen MR) is 147 cm³/mol. The molecule has 0 atom stereocenters. The summed E-state index contributed by atoms with van der Waals surface area (Å²) in [5.41, 5.74) is 6.66. The number of nitrogens with one attached hydrogen (secondary N) is 2. The first-order valence-corrected chi connectivity index (χ1v) is 12.5. The summed E-state index contributed by atoms with van der Waals surface area (Å²) in [6, 6.07) is 25.1. The molecule has 1 aliphatic heterocycles. The monoisotopic (exact) mass is 495 g/mol. The zero-order chi connectivity index (χ0) is 25.5. The van der Waals surface area contributed by atoms with E-state index in [4.69, 9.17) is 4.98 Å². The SMILES string of the molecule is Cc1ccc(Nc2nc(NN=Cc3ccccc3F)nc(N3CCC(Cc4ccccc4)CC3)n2)cc1. The highest BCUT2D eigenvalue weighted by atomic mass is 19.1. The third kappa shape index (κ3) is 6.67. The minimum absolute atomic E-state index is 0.290. The van der Waals surface area contributed by atoms with Gasteiger partial charge < -0.3 is 10.2 Å². The van der Waals surface area contributed by atoms with E-state index < -0.39 is 0 Å². The molecule has 1 fully saturated rings. The molecule has 0 saturated carbocycles. The van der Waals surface area contributed by atoms with Gasteiger partial charge in [0.2, 0.25) is 17.8 Å². The number of piperidine rings is 1. The molecule has 188 valence electrons. The standard InChI is InChI=1S/C29H30FN7/c1-21-11-13-25(14-12-21)32-27-33-28(36-31-20-24-9-5-6-10-26(24)30)35-29(34-27)37-17-15-23(16-18-37)19-22-7-3-2-4-8-22/h2-14,20,23H,15-19H2,1H3,(H2,32,33,34,35,36). The first kappa shape index (κ1) is 24.4. The van der Waals surface area contributed by atoms with Crippen molar-refractivity contribution in [2.75, 3.05) is 28.7 Å². The Morgan fingerprint density at radius 3 is 2.35 bits per heavy atom. The van der Waals surface area contributed by atoms with Crippen LogP contribution in [0, 0.1) is 18.7 Å². The molecule has 3 aromatic carbocycles. The highest BCUT2D eigenvalue weighted by Gasteiger charge is 2.22. The molecule has 0 spiro atoms. The maximum atomic E-state index is 13.9. The summed E-state index contributed by atoms with van der Waals surface area (Å²) < 4.78 is 13.9. The summed E-state index contributed by atoms with van der Waals surface area (Å²) in [6.07, 6.45) is 4.63. The van der Waals surface area contributed by atoms with Crippen molar-refractivity contribution in [2.24, 2.45) is 11.0 Å². The van der Waals surface area contributed by atoms with Gasteiger partial charge in [0.05, 0.1) is 6.21 Å². The van der Waals surface area contributed by atoms with E-state index >= 15 is 0 Å². The first-order valence-electron chi connectivity index (χ1n) is 12.5. The van der Waals surface area contributed by atoms with Gasteiger partial charge in [0, 0.05) is 24.3 Å². The van der Waals surface area contributed by atoms with Crippen LogP contribution < -0.4 is 15.6 Å². The molecule has 1 aromatic heterocycles. The van der Waals surface area contributed by atoms with E-state index in [2.05, 4.69) is 61.0 Å². The van der Waals surface area contributed by atoms with Crippen molar-refractivity contribution in [3.8, 4) is 0 Å². The maximum absolute atomic E-state index is 13.9. The number of hydrogen-bond acceptors (Lipinski definition) is 7. The molecule has 0 bridgehead atoms. The fourth-order valence-electron chi connectivity index (χ4n) is 4.40. The minimum atomic E-state index is -0.343. The van der Waals surface area contributed by atoms with Crippen LogP contribution in [-0.2, 0) is 6.42 Å². The molecule has 2 N–H and O–H groups in total. The summed E-state index contributed by atoms with van der Waals surface area (Å²) in [5.74, 6) is 1.59. The molecular formula is C29H30FN7. The van der Waals surface area contributed by atoms with Gasteiger partial charge in [-0.1, -0.05) is 66.2 Å².